The Hall–Kier alpha value is -1.24. The number of pyridine rings is 1. The smallest absolute Gasteiger partial charge is 0.274 e. The Morgan fingerprint density at radius 2 is 2.35 bits per heavy atom. The fourth-order valence-electron chi connectivity index (χ4n) is 1.23. The summed E-state index contributed by atoms with van der Waals surface area (Å²) in [4.78, 5) is 15.9. The molecule has 1 amide bonds. The van der Waals surface area contributed by atoms with Gasteiger partial charge in [-0.15, -0.1) is 11.3 Å². The van der Waals surface area contributed by atoms with Crippen molar-refractivity contribution in [3.05, 3.63) is 45.5 Å². The van der Waals surface area contributed by atoms with Crippen LogP contribution in [0.25, 0.3) is 0 Å². The fraction of sp³-hybridized carbons (Fsp3) is 0.0909. The predicted octanol–water partition coefficient (Wildman–Crippen LogP) is 2.62. The van der Waals surface area contributed by atoms with Gasteiger partial charge in [0, 0.05) is 22.6 Å². The minimum absolute atomic E-state index is 0.220. The van der Waals surface area contributed by atoms with E-state index in [9.17, 15) is 4.79 Å². The minimum atomic E-state index is -0.220. The van der Waals surface area contributed by atoms with E-state index in [1.807, 2.05) is 11.4 Å². The summed E-state index contributed by atoms with van der Waals surface area (Å²) in [7, 11) is 0. The second kappa shape index (κ2) is 5.39. The van der Waals surface area contributed by atoms with Crippen LogP contribution in [0.1, 0.15) is 16.1 Å². The van der Waals surface area contributed by atoms with Crippen LogP contribution in [0.5, 0.6) is 0 Å². The molecule has 0 atom stereocenters. The fourth-order valence-corrected chi connectivity index (χ4v) is 2.55. The molecule has 0 fully saturated rings. The number of halogens is 1. The molecule has 0 aromatic carbocycles. The van der Waals surface area contributed by atoms with Gasteiger partial charge in [-0.2, -0.15) is 0 Å². The van der Waals surface area contributed by atoms with E-state index >= 15 is 0 Å². The number of nitrogens with two attached hydrogens (primary N) is 1. The monoisotopic (exact) mass is 311 g/mol. The van der Waals surface area contributed by atoms with Gasteiger partial charge in [0.05, 0.1) is 5.00 Å². The Bertz CT molecular complexity index is 524. The topological polar surface area (TPSA) is 68.0 Å². The lowest BCUT2D eigenvalue weighted by Crippen LogP contribution is -2.13. The van der Waals surface area contributed by atoms with Crippen molar-refractivity contribution < 1.29 is 4.79 Å². The van der Waals surface area contributed by atoms with Crippen molar-refractivity contribution in [1.29, 1.82) is 0 Å². The molecule has 0 radical (unpaired) electrons. The largest absolute Gasteiger partial charge is 0.326 e. The molecule has 88 valence electrons. The van der Waals surface area contributed by atoms with Crippen LogP contribution in [-0.4, -0.2) is 10.9 Å². The molecule has 6 heteroatoms. The Morgan fingerprint density at radius 1 is 1.53 bits per heavy atom. The van der Waals surface area contributed by atoms with E-state index < -0.39 is 0 Å². The molecule has 2 rings (SSSR count). The van der Waals surface area contributed by atoms with Gasteiger partial charge in [0.15, 0.2) is 0 Å². The highest BCUT2D eigenvalue weighted by Gasteiger charge is 2.08. The Kier molecular flexibility index (Phi) is 3.88. The summed E-state index contributed by atoms with van der Waals surface area (Å²) >= 11 is 4.78. The number of hydrogen-bond donors (Lipinski definition) is 2. The number of hydrogen-bond acceptors (Lipinski definition) is 4. The highest BCUT2D eigenvalue weighted by molar-refractivity contribution is 9.10. The van der Waals surface area contributed by atoms with Crippen molar-refractivity contribution in [2.75, 3.05) is 5.32 Å². The molecular weight excluding hydrogens is 302 g/mol. The molecule has 2 heterocycles. The van der Waals surface area contributed by atoms with Crippen molar-refractivity contribution in [2.24, 2.45) is 5.73 Å². The molecule has 3 N–H and O–H groups in total. The Labute approximate surface area is 111 Å². The molecule has 0 saturated heterocycles. The highest BCUT2D eigenvalue weighted by Crippen LogP contribution is 2.24. The van der Waals surface area contributed by atoms with Gasteiger partial charge in [-0.1, -0.05) is 6.07 Å². The van der Waals surface area contributed by atoms with E-state index in [0.717, 1.165) is 15.0 Å². The van der Waals surface area contributed by atoms with Gasteiger partial charge in [0.2, 0.25) is 0 Å². The van der Waals surface area contributed by atoms with Crippen LogP contribution in [0.15, 0.2) is 34.2 Å². The van der Waals surface area contributed by atoms with Crippen LogP contribution in [0.3, 0.4) is 0 Å². The summed E-state index contributed by atoms with van der Waals surface area (Å²) in [5.74, 6) is -0.220. The van der Waals surface area contributed by atoms with Gasteiger partial charge in [-0.05, 0) is 33.6 Å². The lowest BCUT2D eigenvalue weighted by atomic mass is 10.2. The number of anilines is 1. The standard InChI is InChI=1S/C11H10BrN3OS/c12-8-3-10(17-6-8)15-11(16)9-2-1-7(4-13)5-14-9/h1-3,5-6H,4,13H2,(H,15,16). The Balaban J connectivity index is 2.09. The van der Waals surface area contributed by atoms with E-state index in [1.54, 1.807) is 18.3 Å². The van der Waals surface area contributed by atoms with Crippen LogP contribution in [0.4, 0.5) is 5.00 Å². The molecule has 2 aromatic heterocycles. The van der Waals surface area contributed by atoms with Crippen LogP contribution >= 0.6 is 27.3 Å². The third kappa shape index (κ3) is 3.12. The first-order valence-electron chi connectivity index (χ1n) is 4.89. The molecule has 0 saturated carbocycles. The molecule has 0 aliphatic heterocycles. The molecular formula is C11H10BrN3OS. The minimum Gasteiger partial charge on any atom is -0.326 e. The van der Waals surface area contributed by atoms with Crippen molar-refractivity contribution in [2.45, 2.75) is 6.54 Å². The normalized spacial score (nSPS) is 10.2. The maximum Gasteiger partial charge on any atom is 0.274 e. The molecule has 0 bridgehead atoms. The second-order valence-electron chi connectivity index (χ2n) is 3.34. The number of carbonyl (C=O) groups is 1. The number of nitrogens with one attached hydrogen (secondary N) is 1. The van der Waals surface area contributed by atoms with Gasteiger partial charge in [-0.3, -0.25) is 9.78 Å². The first kappa shape index (κ1) is 12.2. The number of aromatic nitrogens is 1. The van der Waals surface area contributed by atoms with Crippen molar-refractivity contribution in [3.63, 3.8) is 0 Å². The van der Waals surface area contributed by atoms with E-state index in [2.05, 4.69) is 26.2 Å². The molecule has 0 aliphatic rings. The van der Waals surface area contributed by atoms with Crippen LogP contribution in [0, 0.1) is 0 Å². The molecule has 2 aromatic rings. The van der Waals surface area contributed by atoms with Crippen molar-refractivity contribution >= 4 is 38.2 Å². The van der Waals surface area contributed by atoms with Gasteiger partial charge in [-0.25, -0.2) is 0 Å². The second-order valence-corrected chi connectivity index (χ2v) is 5.17. The third-order valence-corrected chi connectivity index (χ3v) is 3.70. The van der Waals surface area contributed by atoms with E-state index in [4.69, 9.17) is 5.73 Å². The zero-order chi connectivity index (χ0) is 12.3. The van der Waals surface area contributed by atoms with Crippen molar-refractivity contribution in [1.82, 2.24) is 4.98 Å². The Morgan fingerprint density at radius 3 is 2.88 bits per heavy atom. The van der Waals surface area contributed by atoms with Gasteiger partial charge in [0.25, 0.3) is 5.91 Å². The first-order valence-corrected chi connectivity index (χ1v) is 6.56. The summed E-state index contributed by atoms with van der Waals surface area (Å²) in [6.45, 7) is 0.423. The predicted molar refractivity (Wildman–Crippen MR) is 72.1 cm³/mol. The average molecular weight is 312 g/mol. The van der Waals surface area contributed by atoms with E-state index in [-0.39, 0.29) is 5.91 Å². The number of thiophene rings is 1. The number of carbonyl (C=O) groups excluding carboxylic acids is 1. The average Bonchev–Trinajstić information content (AvgIpc) is 2.75. The lowest BCUT2D eigenvalue weighted by molar-refractivity contribution is 0.102. The summed E-state index contributed by atoms with van der Waals surface area (Å²) in [5.41, 5.74) is 6.74. The molecule has 0 unspecified atom stereocenters. The lowest BCUT2D eigenvalue weighted by Gasteiger charge is -2.02. The SMILES string of the molecule is NCc1ccc(C(=O)Nc2cc(Br)cs2)nc1. The van der Waals surface area contributed by atoms with Crippen LogP contribution < -0.4 is 11.1 Å². The van der Waals surface area contributed by atoms with E-state index in [1.165, 1.54) is 11.3 Å². The van der Waals surface area contributed by atoms with Gasteiger partial charge in [0.1, 0.15) is 5.69 Å². The van der Waals surface area contributed by atoms with Gasteiger partial charge >= 0.3 is 0 Å². The third-order valence-electron chi connectivity index (χ3n) is 2.10. The summed E-state index contributed by atoms with van der Waals surface area (Å²) in [6.07, 6.45) is 1.61. The zero-order valence-corrected chi connectivity index (χ0v) is 11.2. The summed E-state index contributed by atoms with van der Waals surface area (Å²) in [5, 5.41) is 5.46. The number of amides is 1. The summed E-state index contributed by atoms with van der Waals surface area (Å²) < 4.78 is 0.948. The number of nitrogens with zero attached hydrogens (tertiary/aromatic N) is 1. The first-order chi connectivity index (χ1) is 8.19. The van der Waals surface area contributed by atoms with Crippen LogP contribution in [0.2, 0.25) is 0 Å². The summed E-state index contributed by atoms with van der Waals surface area (Å²) in [6, 6.07) is 5.31. The quantitative estimate of drug-likeness (QED) is 0.915. The number of rotatable bonds is 3. The maximum absolute atomic E-state index is 11.8. The maximum atomic E-state index is 11.8. The van der Waals surface area contributed by atoms with E-state index in [0.29, 0.717) is 12.2 Å². The molecule has 4 nitrogen and oxygen atoms in total. The zero-order valence-electron chi connectivity index (χ0n) is 8.81. The molecule has 0 aliphatic carbocycles. The van der Waals surface area contributed by atoms with Gasteiger partial charge < -0.3 is 11.1 Å². The molecule has 17 heavy (non-hydrogen) atoms. The highest BCUT2D eigenvalue weighted by atomic mass is 79.9. The van der Waals surface area contributed by atoms with Crippen molar-refractivity contribution in [3.8, 4) is 0 Å². The molecule has 0 spiro atoms. The van der Waals surface area contributed by atoms with Crippen LogP contribution in [-0.2, 0) is 6.54 Å².